The van der Waals surface area contributed by atoms with Crippen molar-refractivity contribution in [1.29, 1.82) is 0 Å². The highest BCUT2D eigenvalue weighted by Crippen LogP contribution is 2.09. The van der Waals surface area contributed by atoms with E-state index in [1.165, 1.54) is 0 Å². The van der Waals surface area contributed by atoms with Gasteiger partial charge in [-0.25, -0.2) is 0 Å². The molecular weight excluding hydrogens is 154 g/mol. The van der Waals surface area contributed by atoms with Crippen LogP contribution in [0.15, 0.2) is 12.4 Å². The van der Waals surface area contributed by atoms with Gasteiger partial charge >= 0.3 is 0 Å². The van der Waals surface area contributed by atoms with Crippen molar-refractivity contribution < 1.29 is 4.84 Å². The van der Waals surface area contributed by atoms with E-state index in [-0.39, 0.29) is 6.04 Å². The molecule has 0 aromatic carbocycles. The molecule has 0 aliphatic rings. The Morgan fingerprint density at radius 3 is 3.00 bits per heavy atom. The van der Waals surface area contributed by atoms with Gasteiger partial charge in [0.2, 0.25) is 0 Å². The largest absolute Gasteiger partial charge is 0.302 e. The number of nitrogens with zero attached hydrogens (tertiary/aromatic N) is 2. The summed E-state index contributed by atoms with van der Waals surface area (Å²) in [5, 5.41) is 4.07. The van der Waals surface area contributed by atoms with Crippen molar-refractivity contribution in [3.63, 3.8) is 0 Å². The Bertz CT molecular complexity index is 234. The molecule has 0 spiro atoms. The predicted molar refractivity (Wildman–Crippen MR) is 46.4 cm³/mol. The Labute approximate surface area is 72.5 Å². The molecule has 4 heteroatoms. The fourth-order valence-corrected chi connectivity index (χ4v) is 0.940. The normalized spacial score (nSPS) is 13.2. The topological polar surface area (TPSA) is 39.1 Å². The molecule has 0 bridgehead atoms. The average molecular weight is 169 g/mol. The van der Waals surface area contributed by atoms with Crippen LogP contribution in [0, 0.1) is 0 Å². The Kier molecular flexibility index (Phi) is 3.25. The van der Waals surface area contributed by atoms with Crippen LogP contribution in [0.25, 0.3) is 0 Å². The average Bonchev–Trinajstić information content (AvgIpc) is 2.47. The quantitative estimate of drug-likeness (QED) is 0.684. The minimum atomic E-state index is 0.193. The lowest BCUT2D eigenvalue weighted by Gasteiger charge is -2.09. The third-order valence-corrected chi connectivity index (χ3v) is 1.63. The second kappa shape index (κ2) is 4.23. The molecule has 1 aromatic heterocycles. The number of hydroxylamine groups is 1. The van der Waals surface area contributed by atoms with Gasteiger partial charge in [0.15, 0.2) is 0 Å². The van der Waals surface area contributed by atoms with Crippen LogP contribution in [0.4, 0.5) is 0 Å². The minimum absolute atomic E-state index is 0.193. The third-order valence-electron chi connectivity index (χ3n) is 1.63. The molecule has 4 nitrogen and oxygen atoms in total. The number of aromatic nitrogens is 2. The van der Waals surface area contributed by atoms with E-state index in [1.54, 1.807) is 4.68 Å². The molecule has 12 heavy (non-hydrogen) atoms. The zero-order valence-electron chi connectivity index (χ0n) is 7.74. The van der Waals surface area contributed by atoms with Crippen LogP contribution in [0.3, 0.4) is 0 Å². The second-order valence-electron chi connectivity index (χ2n) is 2.72. The van der Waals surface area contributed by atoms with E-state index in [4.69, 9.17) is 4.84 Å². The van der Waals surface area contributed by atoms with Gasteiger partial charge in [0.1, 0.15) is 0 Å². The molecule has 1 atom stereocenters. The molecule has 1 N–H and O–H groups in total. The van der Waals surface area contributed by atoms with Crippen LogP contribution >= 0.6 is 0 Å². The van der Waals surface area contributed by atoms with E-state index < -0.39 is 0 Å². The van der Waals surface area contributed by atoms with Gasteiger partial charge in [-0.15, -0.1) is 0 Å². The maximum atomic E-state index is 5.07. The van der Waals surface area contributed by atoms with Gasteiger partial charge in [-0.2, -0.15) is 10.6 Å². The van der Waals surface area contributed by atoms with Gasteiger partial charge in [0.05, 0.1) is 18.8 Å². The maximum absolute atomic E-state index is 5.07. The zero-order valence-corrected chi connectivity index (χ0v) is 7.74. The predicted octanol–water partition coefficient (Wildman–Crippen LogP) is 1.02. The number of rotatable bonds is 4. The van der Waals surface area contributed by atoms with Gasteiger partial charge in [-0.1, -0.05) is 0 Å². The first kappa shape index (κ1) is 9.22. The molecule has 0 saturated carbocycles. The molecule has 0 aliphatic heterocycles. The highest BCUT2D eigenvalue weighted by molar-refractivity contribution is 5.07. The van der Waals surface area contributed by atoms with E-state index in [1.807, 2.05) is 33.3 Å². The third kappa shape index (κ3) is 2.32. The van der Waals surface area contributed by atoms with Crippen LogP contribution in [0.5, 0.6) is 0 Å². The van der Waals surface area contributed by atoms with Gasteiger partial charge in [0, 0.05) is 18.8 Å². The molecule has 68 valence electrons. The number of aryl methyl sites for hydroxylation is 1. The van der Waals surface area contributed by atoms with Crippen molar-refractivity contribution in [3.8, 4) is 0 Å². The zero-order chi connectivity index (χ0) is 8.97. The van der Waals surface area contributed by atoms with Crippen molar-refractivity contribution in [2.45, 2.75) is 19.9 Å². The molecule has 0 saturated heterocycles. The summed E-state index contributed by atoms with van der Waals surface area (Å²) in [6.45, 7) is 4.65. The minimum Gasteiger partial charge on any atom is -0.302 e. The molecule has 0 fully saturated rings. The van der Waals surface area contributed by atoms with E-state index in [9.17, 15) is 0 Å². The first-order valence-corrected chi connectivity index (χ1v) is 4.10. The van der Waals surface area contributed by atoms with Crippen LogP contribution in [0.1, 0.15) is 25.5 Å². The van der Waals surface area contributed by atoms with Crippen LogP contribution < -0.4 is 5.48 Å². The molecule has 1 rings (SSSR count). The lowest BCUT2D eigenvalue weighted by atomic mass is 10.2. The highest BCUT2D eigenvalue weighted by Gasteiger charge is 2.05. The van der Waals surface area contributed by atoms with Gasteiger partial charge in [-0.3, -0.25) is 4.68 Å². The standard InChI is InChI=1S/C8H15N3O/c1-4-12-10-7(2)8-5-9-11(3)6-8/h5-7,10H,4H2,1-3H3. The van der Waals surface area contributed by atoms with Gasteiger partial charge < -0.3 is 4.84 Å². The number of nitrogens with one attached hydrogen (secondary N) is 1. The van der Waals surface area contributed by atoms with Crippen molar-refractivity contribution in [3.05, 3.63) is 18.0 Å². The number of hydrogen-bond donors (Lipinski definition) is 1. The molecule has 1 aromatic rings. The summed E-state index contributed by atoms with van der Waals surface area (Å²) in [5.74, 6) is 0. The van der Waals surface area contributed by atoms with E-state index >= 15 is 0 Å². The fourth-order valence-electron chi connectivity index (χ4n) is 0.940. The van der Waals surface area contributed by atoms with Gasteiger partial charge in [0.25, 0.3) is 0 Å². The first-order valence-electron chi connectivity index (χ1n) is 4.10. The van der Waals surface area contributed by atoms with Crippen molar-refractivity contribution in [1.82, 2.24) is 15.3 Å². The summed E-state index contributed by atoms with van der Waals surface area (Å²) < 4.78 is 1.78. The first-order chi connectivity index (χ1) is 5.74. The monoisotopic (exact) mass is 169 g/mol. The summed E-state index contributed by atoms with van der Waals surface area (Å²) in [5.41, 5.74) is 4.04. The summed E-state index contributed by atoms with van der Waals surface area (Å²) in [4.78, 5) is 5.07. The van der Waals surface area contributed by atoms with Crippen molar-refractivity contribution >= 4 is 0 Å². The summed E-state index contributed by atoms with van der Waals surface area (Å²) >= 11 is 0. The van der Waals surface area contributed by atoms with Gasteiger partial charge in [-0.05, 0) is 13.8 Å². The molecule has 1 heterocycles. The van der Waals surface area contributed by atoms with Crippen LogP contribution in [-0.2, 0) is 11.9 Å². The Morgan fingerprint density at radius 1 is 1.75 bits per heavy atom. The van der Waals surface area contributed by atoms with E-state index in [0.717, 1.165) is 5.56 Å². The molecule has 0 radical (unpaired) electrons. The van der Waals surface area contributed by atoms with Crippen LogP contribution in [0.2, 0.25) is 0 Å². The Morgan fingerprint density at radius 2 is 2.50 bits per heavy atom. The van der Waals surface area contributed by atoms with Crippen molar-refractivity contribution in [2.24, 2.45) is 7.05 Å². The Balaban J connectivity index is 2.47. The smallest absolute Gasteiger partial charge is 0.0654 e. The molecule has 0 amide bonds. The SMILES string of the molecule is CCONC(C)c1cnn(C)c1. The maximum Gasteiger partial charge on any atom is 0.0654 e. The van der Waals surface area contributed by atoms with E-state index in [0.29, 0.717) is 6.61 Å². The molecule has 0 aliphatic carbocycles. The lowest BCUT2D eigenvalue weighted by Crippen LogP contribution is -2.18. The Hall–Kier alpha value is -0.870. The fraction of sp³-hybridized carbons (Fsp3) is 0.625. The summed E-state index contributed by atoms with van der Waals surface area (Å²) in [6, 6.07) is 0.193. The molecule has 1 unspecified atom stereocenters. The second-order valence-corrected chi connectivity index (χ2v) is 2.72. The highest BCUT2D eigenvalue weighted by atomic mass is 16.6. The lowest BCUT2D eigenvalue weighted by molar-refractivity contribution is 0.0285. The van der Waals surface area contributed by atoms with Crippen LogP contribution in [-0.4, -0.2) is 16.4 Å². The van der Waals surface area contributed by atoms with E-state index in [2.05, 4.69) is 10.6 Å². The molecular formula is C8H15N3O. The summed E-state index contributed by atoms with van der Waals surface area (Å²) in [6.07, 6.45) is 3.80. The summed E-state index contributed by atoms with van der Waals surface area (Å²) in [7, 11) is 1.90. The van der Waals surface area contributed by atoms with Crippen molar-refractivity contribution in [2.75, 3.05) is 6.61 Å². The number of hydrogen-bond acceptors (Lipinski definition) is 3.